The summed E-state index contributed by atoms with van der Waals surface area (Å²) in [6, 6.07) is -1.70. The fraction of sp³-hybridized carbons (Fsp3) is 0.855. The number of carboxylic acids is 2. The Labute approximate surface area is 496 Å². The molecule has 0 unspecified atom stereocenters. The van der Waals surface area contributed by atoms with Crippen molar-refractivity contribution in [3.63, 3.8) is 0 Å². The normalized spacial score (nSPS) is 12.0. The number of aliphatic hydroxyl groups excluding tert-OH is 1. The van der Waals surface area contributed by atoms with Crippen molar-refractivity contribution < 1.29 is 96.7 Å². The van der Waals surface area contributed by atoms with Gasteiger partial charge in [0.15, 0.2) is 6.29 Å². The van der Waals surface area contributed by atoms with Gasteiger partial charge in [0.25, 0.3) is 0 Å². The predicted molar refractivity (Wildman–Crippen MR) is 309 cm³/mol. The molecule has 2 atom stereocenters. The summed E-state index contributed by atoms with van der Waals surface area (Å²) >= 11 is 3.78. The third kappa shape index (κ3) is 57.9. The molecule has 0 aromatic carbocycles. The van der Waals surface area contributed by atoms with Gasteiger partial charge in [-0.25, -0.2) is 0 Å². The van der Waals surface area contributed by atoms with Crippen molar-refractivity contribution in [3.05, 3.63) is 0 Å². The molecule has 83 heavy (non-hydrogen) atoms. The Balaban J connectivity index is 3.57. The fourth-order valence-electron chi connectivity index (χ4n) is 7.72. The van der Waals surface area contributed by atoms with Gasteiger partial charge >= 0.3 is 11.9 Å². The third-order valence-corrected chi connectivity index (χ3v) is 12.6. The SMILES string of the molecule is O=C(O)CCCCCCCCCCCCCCCCCCC(=O)N[C@@H](CCC(=O)NCCOCCOCC(=O)NCCOCCOCC(=O)NCCOCCOCC(=O)NCCOCCOCC(=O)NCCCC[C@H](NS)C(=O)O)C(O)O. The van der Waals surface area contributed by atoms with E-state index in [1.807, 2.05) is 0 Å². The van der Waals surface area contributed by atoms with E-state index in [-0.39, 0.29) is 193 Å². The molecule has 484 valence electrons. The second-order valence-corrected chi connectivity index (χ2v) is 19.9. The lowest BCUT2D eigenvalue weighted by molar-refractivity contribution is -0.139. The van der Waals surface area contributed by atoms with E-state index in [9.17, 15) is 48.6 Å². The summed E-state index contributed by atoms with van der Waals surface area (Å²) < 4.78 is 45.1. The standard InChI is InChI=1S/C55H103N7O20S/c63-47(23-22-45(54(71)72)61-48(64)20-15-13-11-9-7-5-3-1-2-4-6-8-10-12-14-16-21-53(69)70)57-25-29-75-33-38-80-42-50(66)59-27-31-77-35-40-82-44-52(68)60-28-32-78-36-39-81-43-51(67)58-26-30-76-34-37-79-41-49(65)56-24-18-17-19-46(62-83)55(73)74/h45-46,54,62,71-72,83H,1-44H2,(H,56,65)(H,57,63)(H,58,67)(H,59,66)(H,60,68)(H,61,64)(H,69,70)(H,73,74)/t45-,46-/m0/s1. The molecule has 0 spiro atoms. The average molecular weight is 1210 g/mol. The Kier molecular flexibility index (Phi) is 56.3. The van der Waals surface area contributed by atoms with Gasteiger partial charge in [-0.15, -0.1) is 0 Å². The first-order valence-electron chi connectivity index (χ1n) is 29.7. The summed E-state index contributed by atoms with van der Waals surface area (Å²) in [5, 5.41) is 53.1. The van der Waals surface area contributed by atoms with Crippen LogP contribution < -0.4 is 36.6 Å². The molecule has 27 nitrogen and oxygen atoms in total. The Morgan fingerprint density at radius 2 is 0.663 bits per heavy atom. The van der Waals surface area contributed by atoms with E-state index in [4.69, 9.17) is 48.1 Å². The summed E-state index contributed by atoms with van der Waals surface area (Å²) in [4.78, 5) is 93.9. The molecule has 0 aliphatic carbocycles. The topological polar surface area (TPSA) is 376 Å². The lowest BCUT2D eigenvalue weighted by Gasteiger charge is -2.20. The number of ether oxygens (including phenoxy) is 8. The molecule has 0 bridgehead atoms. The maximum Gasteiger partial charge on any atom is 0.321 e. The minimum absolute atomic E-state index is 0.0176. The zero-order chi connectivity index (χ0) is 61.1. The van der Waals surface area contributed by atoms with Gasteiger partial charge in [0, 0.05) is 52.0 Å². The second-order valence-electron chi connectivity index (χ2n) is 19.6. The van der Waals surface area contributed by atoms with E-state index < -0.39 is 30.3 Å². The van der Waals surface area contributed by atoms with Gasteiger partial charge in [0.05, 0.1) is 85.3 Å². The van der Waals surface area contributed by atoms with Gasteiger partial charge in [-0.2, -0.15) is 0 Å². The molecule has 0 heterocycles. The van der Waals surface area contributed by atoms with Crippen LogP contribution in [0, 0.1) is 0 Å². The molecule has 0 radical (unpaired) electrons. The van der Waals surface area contributed by atoms with E-state index >= 15 is 0 Å². The highest BCUT2D eigenvalue weighted by Gasteiger charge is 2.20. The first-order valence-corrected chi connectivity index (χ1v) is 30.1. The van der Waals surface area contributed by atoms with Crippen molar-refractivity contribution in [2.75, 3.05) is 138 Å². The van der Waals surface area contributed by atoms with Crippen molar-refractivity contribution in [3.8, 4) is 0 Å². The highest BCUT2D eigenvalue weighted by atomic mass is 32.1. The van der Waals surface area contributed by atoms with Crippen LogP contribution in [-0.2, 0) is 76.3 Å². The molecule has 0 aromatic heterocycles. The van der Waals surface area contributed by atoms with Crippen LogP contribution in [0.1, 0.15) is 148 Å². The summed E-state index contributed by atoms with van der Waals surface area (Å²) in [7, 11) is 0. The monoisotopic (exact) mass is 1210 g/mol. The quantitative estimate of drug-likeness (QED) is 0.0233. The first-order chi connectivity index (χ1) is 40.2. The highest BCUT2D eigenvalue weighted by molar-refractivity contribution is 7.78. The number of carbonyl (C=O) groups excluding carboxylic acids is 6. The van der Waals surface area contributed by atoms with Crippen molar-refractivity contribution in [1.29, 1.82) is 0 Å². The molecule has 6 amide bonds. The first kappa shape index (κ1) is 78.7. The number of hydrogen-bond acceptors (Lipinski definition) is 20. The van der Waals surface area contributed by atoms with E-state index in [0.717, 1.165) is 38.5 Å². The molecule has 0 rings (SSSR count). The molecule has 0 aliphatic heterocycles. The van der Waals surface area contributed by atoms with Crippen molar-refractivity contribution >= 4 is 60.2 Å². The molecule has 28 heteroatoms. The lowest BCUT2D eigenvalue weighted by atomic mass is 10.0. The fourth-order valence-corrected chi connectivity index (χ4v) is 7.96. The summed E-state index contributed by atoms with van der Waals surface area (Å²) in [5.74, 6) is -3.57. The molecular formula is C55H103N7O20S. The van der Waals surface area contributed by atoms with Crippen LogP contribution in [0.5, 0.6) is 0 Å². The van der Waals surface area contributed by atoms with Crippen LogP contribution in [0.4, 0.5) is 0 Å². The number of hydrogen-bond donors (Lipinski definition) is 12. The van der Waals surface area contributed by atoms with E-state index in [0.29, 0.717) is 32.2 Å². The highest BCUT2D eigenvalue weighted by Crippen LogP contribution is 2.15. The Morgan fingerprint density at radius 1 is 0.337 bits per heavy atom. The summed E-state index contributed by atoms with van der Waals surface area (Å²) in [5.41, 5.74) is 0. The number of amides is 6. The van der Waals surface area contributed by atoms with Crippen LogP contribution in [-0.4, -0.2) is 225 Å². The van der Waals surface area contributed by atoms with Crippen LogP contribution in [0.15, 0.2) is 0 Å². The smallest absolute Gasteiger partial charge is 0.321 e. The van der Waals surface area contributed by atoms with Crippen LogP contribution >= 0.6 is 12.8 Å². The zero-order valence-corrected chi connectivity index (χ0v) is 50.0. The van der Waals surface area contributed by atoms with Crippen molar-refractivity contribution in [2.45, 2.75) is 166 Å². The van der Waals surface area contributed by atoms with Crippen molar-refractivity contribution in [2.24, 2.45) is 0 Å². The number of nitrogens with one attached hydrogen (secondary N) is 7. The zero-order valence-electron chi connectivity index (χ0n) is 49.1. The van der Waals surface area contributed by atoms with Crippen LogP contribution in [0.3, 0.4) is 0 Å². The van der Waals surface area contributed by atoms with Crippen molar-refractivity contribution in [1.82, 2.24) is 36.6 Å². The molecular weight excluding hydrogens is 1110 g/mol. The van der Waals surface area contributed by atoms with Gasteiger partial charge in [0.2, 0.25) is 35.4 Å². The number of thiol groups is 1. The summed E-state index contributed by atoms with van der Waals surface area (Å²) in [6.45, 7) is 3.18. The largest absolute Gasteiger partial charge is 0.481 e. The Hall–Kier alpha value is -4.33. The second kappa shape index (κ2) is 59.4. The van der Waals surface area contributed by atoms with Crippen LogP contribution in [0.25, 0.3) is 0 Å². The molecule has 0 aliphatic rings. The minimum Gasteiger partial charge on any atom is -0.481 e. The third-order valence-electron chi connectivity index (χ3n) is 12.3. The van der Waals surface area contributed by atoms with Gasteiger partial charge < -0.3 is 90.2 Å². The lowest BCUT2D eigenvalue weighted by Crippen LogP contribution is -2.44. The Morgan fingerprint density at radius 3 is 1.00 bits per heavy atom. The van der Waals surface area contributed by atoms with Gasteiger partial charge in [-0.1, -0.05) is 103 Å². The van der Waals surface area contributed by atoms with Gasteiger partial charge in [-0.3, -0.25) is 43.1 Å². The van der Waals surface area contributed by atoms with Crippen LogP contribution in [0.2, 0.25) is 0 Å². The Bertz CT molecular complexity index is 1660. The molecule has 0 saturated carbocycles. The number of carboxylic acid groups (broad SMARTS) is 2. The van der Waals surface area contributed by atoms with E-state index in [1.165, 1.54) is 57.8 Å². The molecule has 0 fully saturated rings. The number of unbranched alkanes of at least 4 members (excludes halogenated alkanes) is 16. The number of rotatable bonds is 63. The molecule has 0 aromatic rings. The average Bonchev–Trinajstić information content (AvgIpc) is 3.45. The molecule has 0 saturated heterocycles. The number of aliphatic hydroxyl groups is 2. The maximum absolute atomic E-state index is 12.4. The van der Waals surface area contributed by atoms with Gasteiger partial charge in [0.1, 0.15) is 32.5 Å². The van der Waals surface area contributed by atoms with E-state index in [1.54, 1.807) is 0 Å². The summed E-state index contributed by atoms with van der Waals surface area (Å²) in [6.07, 6.45) is 18.3. The predicted octanol–water partition coefficient (Wildman–Crippen LogP) is 1.44. The molecule has 11 N–H and O–H groups in total. The van der Waals surface area contributed by atoms with E-state index in [2.05, 4.69) is 49.4 Å². The number of carbonyl (C=O) groups is 8. The van der Waals surface area contributed by atoms with Gasteiger partial charge in [-0.05, 0) is 38.5 Å². The maximum atomic E-state index is 12.4. The number of aliphatic carboxylic acids is 2. The minimum atomic E-state index is -1.79.